The molecule has 0 unspecified atom stereocenters. The highest BCUT2D eigenvalue weighted by molar-refractivity contribution is 14.0. The SMILES string of the molecule is CN=C(NC)NCCN(C(C)C)C(C)C.I. The Bertz CT molecular complexity index is 184. The molecule has 0 atom stereocenters. The molecule has 16 heavy (non-hydrogen) atoms. The lowest BCUT2D eigenvalue weighted by Gasteiger charge is -2.30. The van der Waals surface area contributed by atoms with Gasteiger partial charge >= 0.3 is 0 Å². The van der Waals surface area contributed by atoms with Crippen LogP contribution < -0.4 is 10.6 Å². The largest absolute Gasteiger partial charge is 0.359 e. The Hall–Kier alpha value is -0.0400. The van der Waals surface area contributed by atoms with E-state index < -0.39 is 0 Å². The van der Waals surface area contributed by atoms with Gasteiger partial charge in [-0.1, -0.05) is 0 Å². The molecule has 0 saturated carbocycles. The summed E-state index contributed by atoms with van der Waals surface area (Å²) in [5.41, 5.74) is 0. The highest BCUT2D eigenvalue weighted by Gasteiger charge is 2.12. The molecular weight excluding hydrogens is 315 g/mol. The molecule has 98 valence electrons. The van der Waals surface area contributed by atoms with Crippen molar-refractivity contribution in [3.05, 3.63) is 0 Å². The van der Waals surface area contributed by atoms with Gasteiger partial charge in [-0.3, -0.25) is 9.89 Å². The fourth-order valence-corrected chi connectivity index (χ4v) is 1.70. The van der Waals surface area contributed by atoms with Crippen molar-refractivity contribution < 1.29 is 0 Å². The normalized spacial score (nSPS) is 11.9. The van der Waals surface area contributed by atoms with Crippen molar-refractivity contribution in [3.63, 3.8) is 0 Å². The van der Waals surface area contributed by atoms with Gasteiger partial charge < -0.3 is 10.6 Å². The zero-order valence-corrected chi connectivity index (χ0v) is 13.7. The van der Waals surface area contributed by atoms with Crippen LogP contribution in [-0.4, -0.2) is 50.1 Å². The summed E-state index contributed by atoms with van der Waals surface area (Å²) in [6, 6.07) is 1.17. The van der Waals surface area contributed by atoms with E-state index in [4.69, 9.17) is 0 Å². The number of halogens is 1. The summed E-state index contributed by atoms with van der Waals surface area (Å²) >= 11 is 0. The number of nitrogens with zero attached hydrogens (tertiary/aromatic N) is 2. The maximum Gasteiger partial charge on any atom is 0.190 e. The molecule has 0 radical (unpaired) electrons. The lowest BCUT2D eigenvalue weighted by atomic mass is 10.2. The van der Waals surface area contributed by atoms with Gasteiger partial charge in [0.2, 0.25) is 0 Å². The van der Waals surface area contributed by atoms with Crippen molar-refractivity contribution >= 4 is 29.9 Å². The molecule has 0 aromatic carbocycles. The summed E-state index contributed by atoms with van der Waals surface area (Å²) in [6.07, 6.45) is 0. The third-order valence-corrected chi connectivity index (χ3v) is 2.45. The summed E-state index contributed by atoms with van der Waals surface area (Å²) in [7, 11) is 3.65. The molecule has 0 fully saturated rings. The van der Waals surface area contributed by atoms with Gasteiger partial charge in [-0.15, -0.1) is 24.0 Å². The summed E-state index contributed by atoms with van der Waals surface area (Å²) < 4.78 is 0. The van der Waals surface area contributed by atoms with Crippen LogP contribution in [0.1, 0.15) is 27.7 Å². The van der Waals surface area contributed by atoms with Crippen LogP contribution in [0.15, 0.2) is 4.99 Å². The van der Waals surface area contributed by atoms with E-state index in [0.29, 0.717) is 12.1 Å². The highest BCUT2D eigenvalue weighted by Crippen LogP contribution is 2.02. The summed E-state index contributed by atoms with van der Waals surface area (Å²) in [5, 5.41) is 6.26. The molecule has 4 nitrogen and oxygen atoms in total. The number of rotatable bonds is 5. The molecule has 0 rings (SSSR count). The maximum absolute atomic E-state index is 4.07. The fourth-order valence-electron chi connectivity index (χ4n) is 1.70. The van der Waals surface area contributed by atoms with Crippen LogP contribution in [-0.2, 0) is 0 Å². The van der Waals surface area contributed by atoms with Crippen LogP contribution in [0.4, 0.5) is 0 Å². The molecule has 0 aromatic heterocycles. The van der Waals surface area contributed by atoms with Gasteiger partial charge in [-0.25, -0.2) is 0 Å². The monoisotopic (exact) mass is 342 g/mol. The summed E-state index contributed by atoms with van der Waals surface area (Å²) in [5.74, 6) is 0.850. The Kier molecular flexibility index (Phi) is 11.6. The topological polar surface area (TPSA) is 39.7 Å². The van der Waals surface area contributed by atoms with Crippen molar-refractivity contribution in [3.8, 4) is 0 Å². The van der Waals surface area contributed by atoms with Crippen LogP contribution in [0.5, 0.6) is 0 Å². The van der Waals surface area contributed by atoms with E-state index in [1.54, 1.807) is 7.05 Å². The molecule has 0 spiro atoms. The van der Waals surface area contributed by atoms with Gasteiger partial charge in [-0.05, 0) is 27.7 Å². The molecule has 0 aromatic rings. The van der Waals surface area contributed by atoms with Crippen LogP contribution in [0.25, 0.3) is 0 Å². The first kappa shape index (κ1) is 18.3. The predicted molar refractivity (Wildman–Crippen MR) is 82.8 cm³/mol. The van der Waals surface area contributed by atoms with Gasteiger partial charge in [0.15, 0.2) is 5.96 Å². The van der Waals surface area contributed by atoms with Gasteiger partial charge in [0.05, 0.1) is 0 Å². The lowest BCUT2D eigenvalue weighted by Crippen LogP contribution is -2.44. The Labute approximate surface area is 117 Å². The van der Waals surface area contributed by atoms with Crippen LogP contribution in [0.2, 0.25) is 0 Å². The van der Waals surface area contributed by atoms with Crippen LogP contribution in [0.3, 0.4) is 0 Å². The number of hydrogen-bond acceptors (Lipinski definition) is 2. The minimum Gasteiger partial charge on any atom is -0.359 e. The zero-order chi connectivity index (χ0) is 11.8. The second-order valence-corrected chi connectivity index (χ2v) is 4.17. The molecule has 2 N–H and O–H groups in total. The molecule has 0 bridgehead atoms. The second-order valence-electron chi connectivity index (χ2n) is 4.17. The molecule has 0 aliphatic heterocycles. The van der Waals surface area contributed by atoms with E-state index in [-0.39, 0.29) is 24.0 Å². The van der Waals surface area contributed by atoms with Gasteiger partial charge in [0.25, 0.3) is 0 Å². The quantitative estimate of drug-likeness (QED) is 0.452. The van der Waals surface area contributed by atoms with E-state index >= 15 is 0 Å². The molecule has 0 aliphatic rings. The zero-order valence-electron chi connectivity index (χ0n) is 11.4. The molecule has 0 aliphatic carbocycles. The Morgan fingerprint density at radius 1 is 1.19 bits per heavy atom. The second kappa shape index (κ2) is 10.1. The van der Waals surface area contributed by atoms with Crippen LogP contribution in [0, 0.1) is 0 Å². The van der Waals surface area contributed by atoms with Crippen LogP contribution >= 0.6 is 24.0 Å². The van der Waals surface area contributed by atoms with Gasteiger partial charge in [0, 0.05) is 39.3 Å². The molecular formula is C11H27IN4. The minimum atomic E-state index is 0. The molecule has 0 heterocycles. The third-order valence-electron chi connectivity index (χ3n) is 2.45. The van der Waals surface area contributed by atoms with Gasteiger partial charge in [-0.2, -0.15) is 0 Å². The number of aliphatic imine (C=N–C) groups is 1. The van der Waals surface area contributed by atoms with E-state index in [2.05, 4.69) is 48.2 Å². The lowest BCUT2D eigenvalue weighted by molar-refractivity contribution is 0.178. The molecule has 0 amide bonds. The van der Waals surface area contributed by atoms with Crippen molar-refractivity contribution in [1.82, 2.24) is 15.5 Å². The van der Waals surface area contributed by atoms with Crippen molar-refractivity contribution in [2.75, 3.05) is 27.2 Å². The van der Waals surface area contributed by atoms with Crippen molar-refractivity contribution in [2.24, 2.45) is 4.99 Å². The minimum absolute atomic E-state index is 0. The first-order valence-corrected chi connectivity index (χ1v) is 5.67. The standard InChI is InChI=1S/C11H26N4.HI/c1-9(2)15(10(3)4)8-7-14-11(12-5)13-6;/h9-10H,7-8H2,1-6H3,(H2,12,13,14);1H. The van der Waals surface area contributed by atoms with E-state index in [1.807, 2.05) is 7.05 Å². The average molecular weight is 342 g/mol. The van der Waals surface area contributed by atoms with Gasteiger partial charge in [0.1, 0.15) is 0 Å². The van der Waals surface area contributed by atoms with E-state index in [1.165, 1.54) is 0 Å². The van der Waals surface area contributed by atoms with E-state index in [0.717, 1.165) is 19.0 Å². The summed E-state index contributed by atoms with van der Waals surface area (Å²) in [6.45, 7) is 10.9. The Morgan fingerprint density at radius 3 is 2.00 bits per heavy atom. The first-order valence-electron chi connectivity index (χ1n) is 5.67. The van der Waals surface area contributed by atoms with E-state index in [9.17, 15) is 0 Å². The first-order chi connectivity index (χ1) is 7.02. The number of guanidine groups is 1. The maximum atomic E-state index is 4.07. The number of hydrogen-bond donors (Lipinski definition) is 2. The Morgan fingerprint density at radius 2 is 1.69 bits per heavy atom. The van der Waals surface area contributed by atoms with Crippen molar-refractivity contribution in [2.45, 2.75) is 39.8 Å². The fraction of sp³-hybridized carbons (Fsp3) is 0.909. The molecule has 0 saturated heterocycles. The van der Waals surface area contributed by atoms with Crippen molar-refractivity contribution in [1.29, 1.82) is 0 Å². The molecule has 5 heteroatoms. The summed E-state index contributed by atoms with van der Waals surface area (Å²) in [4.78, 5) is 6.52. The average Bonchev–Trinajstić information content (AvgIpc) is 2.17. The smallest absolute Gasteiger partial charge is 0.190 e. The number of nitrogens with one attached hydrogen (secondary N) is 2. The third kappa shape index (κ3) is 7.27. The highest BCUT2D eigenvalue weighted by atomic mass is 127. The Balaban J connectivity index is 0. The predicted octanol–water partition coefficient (Wildman–Crippen LogP) is 1.52.